The van der Waals surface area contributed by atoms with Gasteiger partial charge in [-0.3, -0.25) is 9.59 Å². The summed E-state index contributed by atoms with van der Waals surface area (Å²) in [6.45, 7) is 4.30. The van der Waals surface area contributed by atoms with Crippen LogP contribution in [0.2, 0.25) is 0 Å². The molecule has 0 unspecified atom stereocenters. The number of amides is 1. The van der Waals surface area contributed by atoms with Gasteiger partial charge in [0.1, 0.15) is 0 Å². The van der Waals surface area contributed by atoms with Crippen molar-refractivity contribution in [2.24, 2.45) is 0 Å². The second-order valence-electron chi connectivity index (χ2n) is 5.32. The van der Waals surface area contributed by atoms with E-state index < -0.39 is 5.97 Å². The lowest BCUT2D eigenvalue weighted by Gasteiger charge is -2.05. The first-order valence-electron chi connectivity index (χ1n) is 7.73. The minimum atomic E-state index is -0.798. The number of nitrogens with one attached hydrogen (secondary N) is 1. The molecular weight excluding hydrogens is 360 g/mol. The number of aliphatic carboxylic acids is 1. The maximum atomic E-state index is 12.2. The topological polar surface area (TPSA) is 97.1 Å². The molecule has 1 amide bonds. The van der Waals surface area contributed by atoms with Crippen molar-refractivity contribution in [1.29, 1.82) is 0 Å². The Labute approximate surface area is 154 Å². The van der Waals surface area contributed by atoms with E-state index in [1.165, 1.54) is 21.6 Å². The lowest BCUT2D eigenvalue weighted by molar-refractivity contribution is -0.136. The summed E-state index contributed by atoms with van der Waals surface area (Å²) < 4.78 is 1.65. The largest absolute Gasteiger partial charge is 0.481 e. The van der Waals surface area contributed by atoms with Crippen molar-refractivity contribution in [3.05, 3.63) is 41.2 Å². The molecule has 0 fully saturated rings. The van der Waals surface area contributed by atoms with Crippen molar-refractivity contribution in [2.75, 3.05) is 18.1 Å². The van der Waals surface area contributed by atoms with Crippen molar-refractivity contribution in [2.45, 2.75) is 20.3 Å². The molecule has 1 heterocycles. The minimum absolute atomic E-state index is 0.144. The molecule has 7 nitrogen and oxygen atoms in total. The summed E-state index contributed by atoms with van der Waals surface area (Å²) >= 11 is 0. The van der Waals surface area contributed by atoms with Gasteiger partial charge in [-0.05, 0) is 31.5 Å². The molecule has 0 saturated heterocycles. The molecule has 9 heteroatoms. The monoisotopic (exact) mass is 380 g/mol. The van der Waals surface area contributed by atoms with Gasteiger partial charge in [-0.15, -0.1) is 5.10 Å². The van der Waals surface area contributed by atoms with E-state index in [9.17, 15) is 9.59 Å². The lowest BCUT2D eigenvalue weighted by atomic mass is 10.2. The Morgan fingerprint density at radius 2 is 2.00 bits per heavy atom. The number of nitrogens with zero attached hydrogens (tertiary/aromatic N) is 3. The zero-order valence-corrected chi connectivity index (χ0v) is 15.7. The number of carboxylic acids is 1. The van der Waals surface area contributed by atoms with Gasteiger partial charge in [0.25, 0.3) is 5.91 Å². The van der Waals surface area contributed by atoms with E-state index in [1.807, 2.05) is 38.1 Å². The van der Waals surface area contributed by atoms with Crippen molar-refractivity contribution in [3.8, 4) is 5.69 Å². The molecule has 0 aliphatic carbocycles. The van der Waals surface area contributed by atoms with Crippen LogP contribution in [0.5, 0.6) is 0 Å². The van der Waals surface area contributed by atoms with E-state index in [2.05, 4.69) is 15.6 Å². The van der Waals surface area contributed by atoms with Crippen molar-refractivity contribution in [1.82, 2.24) is 20.3 Å². The molecule has 0 bridgehead atoms. The van der Waals surface area contributed by atoms with Crippen LogP contribution in [-0.4, -0.2) is 50.0 Å². The number of rotatable bonds is 9. The van der Waals surface area contributed by atoms with E-state index in [-0.39, 0.29) is 12.3 Å². The fourth-order valence-electron chi connectivity index (χ4n) is 2.08. The molecule has 1 aromatic carbocycles. The third-order valence-corrected chi connectivity index (χ3v) is 5.72. The summed E-state index contributed by atoms with van der Waals surface area (Å²) in [6, 6.07) is 7.83. The molecule has 0 spiro atoms. The van der Waals surface area contributed by atoms with Gasteiger partial charge in [-0.1, -0.05) is 38.9 Å². The van der Waals surface area contributed by atoms with Crippen LogP contribution in [0.1, 0.15) is 28.2 Å². The van der Waals surface area contributed by atoms with Gasteiger partial charge in [-0.25, -0.2) is 4.68 Å². The highest BCUT2D eigenvalue weighted by molar-refractivity contribution is 8.76. The molecule has 0 aliphatic rings. The maximum absolute atomic E-state index is 12.2. The van der Waals surface area contributed by atoms with Gasteiger partial charge in [0, 0.05) is 18.1 Å². The number of carboxylic acid groups (broad SMARTS) is 1. The van der Waals surface area contributed by atoms with Crippen LogP contribution in [-0.2, 0) is 4.79 Å². The minimum Gasteiger partial charge on any atom is -0.481 e. The Balaban J connectivity index is 1.83. The number of hydrogen-bond donors (Lipinski definition) is 2. The summed E-state index contributed by atoms with van der Waals surface area (Å²) in [7, 11) is 3.03. The number of aryl methyl sites for hydroxylation is 1. The van der Waals surface area contributed by atoms with E-state index in [0.29, 0.717) is 29.4 Å². The molecule has 0 radical (unpaired) electrons. The zero-order valence-electron chi connectivity index (χ0n) is 14.1. The SMILES string of the molecule is Cc1cccc(-n2nnc(C(=O)NCCSSCCC(=O)O)c2C)c1. The van der Waals surface area contributed by atoms with Crippen molar-refractivity contribution in [3.63, 3.8) is 0 Å². The molecule has 25 heavy (non-hydrogen) atoms. The zero-order chi connectivity index (χ0) is 18.2. The predicted octanol–water partition coefficient (Wildman–Crippen LogP) is 2.47. The second-order valence-corrected chi connectivity index (χ2v) is 8.02. The van der Waals surface area contributed by atoms with Gasteiger partial charge in [-0.2, -0.15) is 0 Å². The highest BCUT2D eigenvalue weighted by Crippen LogP contribution is 2.21. The van der Waals surface area contributed by atoms with Crippen molar-refractivity contribution < 1.29 is 14.7 Å². The summed E-state index contributed by atoms with van der Waals surface area (Å²) in [6.07, 6.45) is 0.144. The summed E-state index contributed by atoms with van der Waals surface area (Å²) in [4.78, 5) is 22.6. The number of carbonyl (C=O) groups excluding carboxylic acids is 1. The first kappa shape index (κ1) is 19.3. The van der Waals surface area contributed by atoms with Crippen LogP contribution in [0.3, 0.4) is 0 Å². The molecule has 0 atom stereocenters. The van der Waals surface area contributed by atoms with E-state index in [1.54, 1.807) is 4.68 Å². The molecule has 1 aromatic heterocycles. The van der Waals surface area contributed by atoms with Crippen LogP contribution in [0.4, 0.5) is 0 Å². The normalized spacial score (nSPS) is 10.6. The van der Waals surface area contributed by atoms with Gasteiger partial charge >= 0.3 is 5.97 Å². The first-order chi connectivity index (χ1) is 12.0. The Hall–Kier alpha value is -2.00. The quantitative estimate of drug-likeness (QED) is 0.509. The van der Waals surface area contributed by atoms with Gasteiger partial charge in [0.05, 0.1) is 17.8 Å². The van der Waals surface area contributed by atoms with E-state index in [4.69, 9.17) is 5.11 Å². The van der Waals surface area contributed by atoms with Crippen LogP contribution in [0, 0.1) is 13.8 Å². The smallest absolute Gasteiger partial charge is 0.304 e. The van der Waals surface area contributed by atoms with Crippen LogP contribution in [0.25, 0.3) is 5.69 Å². The summed E-state index contributed by atoms with van der Waals surface area (Å²) in [5, 5.41) is 19.4. The molecule has 0 aliphatic heterocycles. The van der Waals surface area contributed by atoms with Crippen LogP contribution < -0.4 is 5.32 Å². The molecule has 0 saturated carbocycles. The van der Waals surface area contributed by atoms with Crippen LogP contribution in [0.15, 0.2) is 24.3 Å². The van der Waals surface area contributed by atoms with Crippen LogP contribution >= 0.6 is 21.6 Å². The fourth-order valence-corrected chi connectivity index (χ4v) is 3.97. The first-order valence-corrected chi connectivity index (χ1v) is 10.2. The third kappa shape index (κ3) is 5.79. The lowest BCUT2D eigenvalue weighted by Crippen LogP contribution is -2.26. The third-order valence-electron chi connectivity index (χ3n) is 3.31. The van der Waals surface area contributed by atoms with Gasteiger partial charge in [0.15, 0.2) is 5.69 Å². The Kier molecular flexibility index (Phi) is 7.32. The average Bonchev–Trinajstić information content (AvgIpc) is 2.95. The predicted molar refractivity (Wildman–Crippen MR) is 100 cm³/mol. The number of carbonyl (C=O) groups is 2. The molecule has 2 rings (SSSR count). The number of benzene rings is 1. The van der Waals surface area contributed by atoms with Gasteiger partial charge in [0.2, 0.25) is 0 Å². The maximum Gasteiger partial charge on any atom is 0.304 e. The highest BCUT2D eigenvalue weighted by atomic mass is 33.1. The Bertz CT molecular complexity index is 749. The molecule has 2 aromatic rings. The molecular formula is C16H20N4O3S2. The van der Waals surface area contributed by atoms with E-state index in [0.717, 1.165) is 11.3 Å². The number of aromatic nitrogens is 3. The molecule has 2 N–H and O–H groups in total. The Morgan fingerprint density at radius 3 is 2.72 bits per heavy atom. The molecule has 134 valence electrons. The summed E-state index contributed by atoms with van der Waals surface area (Å²) in [5.41, 5.74) is 2.97. The van der Waals surface area contributed by atoms with Gasteiger partial charge < -0.3 is 10.4 Å². The highest BCUT2D eigenvalue weighted by Gasteiger charge is 2.16. The standard InChI is InChI=1S/C16H20N4O3S2/c1-11-4-3-5-13(10-11)20-12(2)15(18-19-20)16(23)17-7-9-25-24-8-6-14(21)22/h3-5,10H,6-9H2,1-2H3,(H,17,23)(H,21,22). The number of hydrogen-bond acceptors (Lipinski definition) is 6. The Morgan fingerprint density at radius 1 is 1.24 bits per heavy atom. The summed E-state index contributed by atoms with van der Waals surface area (Å²) in [5.74, 6) is 0.194. The average molecular weight is 380 g/mol. The fraction of sp³-hybridized carbons (Fsp3) is 0.375. The van der Waals surface area contributed by atoms with Crippen molar-refractivity contribution >= 4 is 33.5 Å². The van der Waals surface area contributed by atoms with E-state index >= 15 is 0 Å². The second kappa shape index (κ2) is 9.47.